The van der Waals surface area contributed by atoms with Crippen molar-refractivity contribution in [2.75, 3.05) is 26.3 Å². The Balaban J connectivity index is 1.81. The van der Waals surface area contributed by atoms with Crippen molar-refractivity contribution in [3.8, 4) is 0 Å². The Kier molecular flexibility index (Phi) is 3.25. The van der Waals surface area contributed by atoms with Crippen molar-refractivity contribution >= 4 is 16.8 Å². The van der Waals surface area contributed by atoms with Crippen LogP contribution in [0, 0.1) is 6.92 Å². The lowest BCUT2D eigenvalue weighted by Gasteiger charge is -2.26. The summed E-state index contributed by atoms with van der Waals surface area (Å²) in [6.45, 7) is 4.80. The molecule has 1 aliphatic rings. The molecule has 1 aromatic heterocycles. The van der Waals surface area contributed by atoms with Crippen molar-refractivity contribution in [1.82, 2.24) is 9.88 Å². The van der Waals surface area contributed by atoms with Gasteiger partial charge in [0.15, 0.2) is 0 Å². The minimum absolute atomic E-state index is 0.186. The number of morpholine rings is 1. The standard InChI is InChI=1S/C15H18N2O2/c1-11-3-2-4-13-12(10-16-15(11)13)9-14(18)17-5-7-19-8-6-17/h2-4,10,16H,5-9H2,1H3. The summed E-state index contributed by atoms with van der Waals surface area (Å²) in [4.78, 5) is 17.4. The molecule has 0 unspecified atom stereocenters. The van der Waals surface area contributed by atoms with Crippen LogP contribution in [0.3, 0.4) is 0 Å². The number of carbonyl (C=O) groups excluding carboxylic acids is 1. The molecule has 3 rings (SSSR count). The average molecular weight is 258 g/mol. The van der Waals surface area contributed by atoms with E-state index in [2.05, 4.69) is 24.0 Å². The van der Waals surface area contributed by atoms with Crippen LogP contribution >= 0.6 is 0 Å². The lowest BCUT2D eigenvalue weighted by Crippen LogP contribution is -2.41. The second kappa shape index (κ2) is 5.05. The number of nitrogens with zero attached hydrogens (tertiary/aromatic N) is 1. The van der Waals surface area contributed by atoms with Crippen molar-refractivity contribution in [2.45, 2.75) is 13.3 Å². The maximum Gasteiger partial charge on any atom is 0.227 e. The maximum atomic E-state index is 12.3. The molecule has 2 heterocycles. The maximum absolute atomic E-state index is 12.3. The van der Waals surface area contributed by atoms with E-state index in [1.165, 1.54) is 5.56 Å². The number of fused-ring (bicyclic) bond motifs is 1. The smallest absolute Gasteiger partial charge is 0.227 e. The highest BCUT2D eigenvalue weighted by atomic mass is 16.5. The molecular formula is C15H18N2O2. The third-order valence-corrected chi connectivity index (χ3v) is 3.71. The number of hydrogen-bond donors (Lipinski definition) is 1. The molecule has 0 aliphatic carbocycles. The van der Waals surface area contributed by atoms with Gasteiger partial charge in [0.05, 0.1) is 19.6 Å². The van der Waals surface area contributed by atoms with Gasteiger partial charge >= 0.3 is 0 Å². The molecule has 1 amide bonds. The molecule has 0 bridgehead atoms. The van der Waals surface area contributed by atoms with Crippen molar-refractivity contribution < 1.29 is 9.53 Å². The number of nitrogens with one attached hydrogen (secondary N) is 1. The number of para-hydroxylation sites is 1. The summed E-state index contributed by atoms with van der Waals surface area (Å²) in [7, 11) is 0. The second-order valence-corrected chi connectivity index (χ2v) is 4.98. The van der Waals surface area contributed by atoms with E-state index in [1.54, 1.807) is 0 Å². The van der Waals surface area contributed by atoms with E-state index in [-0.39, 0.29) is 5.91 Å². The highest BCUT2D eigenvalue weighted by Crippen LogP contribution is 2.22. The van der Waals surface area contributed by atoms with Crippen LogP contribution in [0.1, 0.15) is 11.1 Å². The van der Waals surface area contributed by atoms with Gasteiger partial charge < -0.3 is 14.6 Å². The van der Waals surface area contributed by atoms with E-state index in [4.69, 9.17) is 4.74 Å². The van der Waals surface area contributed by atoms with Gasteiger partial charge in [0, 0.05) is 30.2 Å². The number of amides is 1. The number of carbonyl (C=O) groups is 1. The monoisotopic (exact) mass is 258 g/mol. The molecule has 100 valence electrons. The molecule has 1 aromatic carbocycles. The van der Waals surface area contributed by atoms with Gasteiger partial charge in [-0.2, -0.15) is 0 Å². The number of aromatic amines is 1. The molecule has 2 aromatic rings. The molecule has 1 fully saturated rings. The van der Waals surface area contributed by atoms with Gasteiger partial charge in [-0.3, -0.25) is 4.79 Å². The first-order valence-electron chi connectivity index (χ1n) is 6.67. The van der Waals surface area contributed by atoms with E-state index >= 15 is 0 Å². The molecule has 0 spiro atoms. The Morgan fingerprint density at radius 1 is 1.37 bits per heavy atom. The Morgan fingerprint density at radius 2 is 2.16 bits per heavy atom. The molecule has 4 nitrogen and oxygen atoms in total. The largest absolute Gasteiger partial charge is 0.378 e. The molecule has 1 aliphatic heterocycles. The van der Waals surface area contributed by atoms with Crippen LogP contribution in [0.25, 0.3) is 10.9 Å². The summed E-state index contributed by atoms with van der Waals surface area (Å²) in [6, 6.07) is 6.18. The van der Waals surface area contributed by atoms with Gasteiger partial charge in [0.25, 0.3) is 0 Å². The zero-order chi connectivity index (χ0) is 13.2. The van der Waals surface area contributed by atoms with Crippen LogP contribution in [0.5, 0.6) is 0 Å². The third-order valence-electron chi connectivity index (χ3n) is 3.71. The molecule has 1 saturated heterocycles. The summed E-state index contributed by atoms with van der Waals surface area (Å²) in [5.41, 5.74) is 3.42. The first-order chi connectivity index (χ1) is 9.25. The topological polar surface area (TPSA) is 45.3 Å². The van der Waals surface area contributed by atoms with Gasteiger partial charge in [-0.15, -0.1) is 0 Å². The average Bonchev–Trinajstić information content (AvgIpc) is 2.84. The molecule has 1 N–H and O–H groups in total. The Labute approximate surface area is 112 Å². The van der Waals surface area contributed by atoms with E-state index in [9.17, 15) is 4.79 Å². The number of rotatable bonds is 2. The fourth-order valence-corrected chi connectivity index (χ4v) is 2.60. The number of ether oxygens (including phenoxy) is 1. The molecule has 19 heavy (non-hydrogen) atoms. The predicted molar refractivity (Wildman–Crippen MR) is 74.1 cm³/mol. The minimum Gasteiger partial charge on any atom is -0.378 e. The van der Waals surface area contributed by atoms with Crippen LogP contribution in [-0.2, 0) is 16.0 Å². The quantitative estimate of drug-likeness (QED) is 0.894. The van der Waals surface area contributed by atoms with Gasteiger partial charge in [-0.25, -0.2) is 0 Å². The zero-order valence-corrected chi connectivity index (χ0v) is 11.1. The van der Waals surface area contributed by atoms with Crippen LogP contribution in [-0.4, -0.2) is 42.1 Å². The van der Waals surface area contributed by atoms with E-state index in [1.807, 2.05) is 17.2 Å². The molecule has 0 atom stereocenters. The normalized spacial score (nSPS) is 15.9. The summed E-state index contributed by atoms with van der Waals surface area (Å²) in [5, 5.41) is 1.15. The van der Waals surface area contributed by atoms with E-state index < -0.39 is 0 Å². The first-order valence-corrected chi connectivity index (χ1v) is 6.67. The fourth-order valence-electron chi connectivity index (χ4n) is 2.60. The lowest BCUT2D eigenvalue weighted by molar-refractivity contribution is -0.134. The van der Waals surface area contributed by atoms with E-state index in [0.717, 1.165) is 16.5 Å². The molecular weight excluding hydrogens is 240 g/mol. The van der Waals surface area contributed by atoms with Crippen molar-refractivity contribution in [3.05, 3.63) is 35.5 Å². The molecule has 0 radical (unpaired) electrons. The highest BCUT2D eigenvalue weighted by Gasteiger charge is 2.18. The molecule has 0 saturated carbocycles. The minimum atomic E-state index is 0.186. The van der Waals surface area contributed by atoms with Crippen molar-refractivity contribution in [2.24, 2.45) is 0 Å². The second-order valence-electron chi connectivity index (χ2n) is 4.98. The van der Waals surface area contributed by atoms with Gasteiger partial charge in [0.1, 0.15) is 0 Å². The predicted octanol–water partition coefficient (Wildman–Crippen LogP) is 1.88. The SMILES string of the molecule is Cc1cccc2c(CC(=O)N3CCOCC3)c[nH]c12. The zero-order valence-electron chi connectivity index (χ0n) is 11.1. The van der Waals surface area contributed by atoms with Crippen molar-refractivity contribution in [3.63, 3.8) is 0 Å². The van der Waals surface area contributed by atoms with Crippen LogP contribution in [0.15, 0.2) is 24.4 Å². The number of hydrogen-bond acceptors (Lipinski definition) is 2. The van der Waals surface area contributed by atoms with Gasteiger partial charge in [0.2, 0.25) is 5.91 Å². The number of H-pyrrole nitrogens is 1. The summed E-state index contributed by atoms with van der Waals surface area (Å²) in [6.07, 6.45) is 2.42. The number of aromatic nitrogens is 1. The highest BCUT2D eigenvalue weighted by molar-refractivity contribution is 5.90. The Hall–Kier alpha value is -1.81. The Bertz CT molecular complexity index is 597. The number of benzene rings is 1. The number of aryl methyl sites for hydroxylation is 1. The van der Waals surface area contributed by atoms with Gasteiger partial charge in [-0.05, 0) is 18.1 Å². The fraction of sp³-hybridized carbons (Fsp3) is 0.400. The third kappa shape index (κ3) is 2.36. The molecule has 4 heteroatoms. The van der Waals surface area contributed by atoms with Gasteiger partial charge in [-0.1, -0.05) is 18.2 Å². The van der Waals surface area contributed by atoms with E-state index in [0.29, 0.717) is 32.7 Å². The summed E-state index contributed by atoms with van der Waals surface area (Å²) < 4.78 is 5.27. The van der Waals surface area contributed by atoms with Crippen LogP contribution < -0.4 is 0 Å². The van der Waals surface area contributed by atoms with Crippen molar-refractivity contribution in [1.29, 1.82) is 0 Å². The Morgan fingerprint density at radius 3 is 2.95 bits per heavy atom. The van der Waals surface area contributed by atoms with Crippen LogP contribution in [0.4, 0.5) is 0 Å². The summed E-state index contributed by atoms with van der Waals surface area (Å²) in [5.74, 6) is 0.186. The first kappa shape index (κ1) is 12.2. The summed E-state index contributed by atoms with van der Waals surface area (Å²) >= 11 is 0. The lowest BCUT2D eigenvalue weighted by atomic mass is 10.1. The van der Waals surface area contributed by atoms with Crippen LogP contribution in [0.2, 0.25) is 0 Å².